The van der Waals surface area contributed by atoms with Crippen molar-refractivity contribution >= 4 is 25.7 Å². The van der Waals surface area contributed by atoms with Crippen molar-refractivity contribution in [2.24, 2.45) is 5.73 Å². The molecule has 0 saturated carbocycles. The number of aliphatic hydroxyl groups is 1. The van der Waals surface area contributed by atoms with Gasteiger partial charge >= 0.3 is 25.7 Å². The molecule has 4 atom stereocenters. The summed E-state index contributed by atoms with van der Waals surface area (Å²) in [6.45, 7) is 2.42. The lowest BCUT2D eigenvalue weighted by Gasteiger charge is -2.20. The van der Waals surface area contributed by atoms with Gasteiger partial charge in [-0.05, 0) is 83.5 Å². The molecule has 0 rings (SSSR count). The Bertz CT molecular complexity index is 1380. The number of carbonyl (C=O) groups excluding carboxylic acids is 2. The number of hydrogen-bond acceptors (Lipinski definition) is 10. The Balaban J connectivity index is 4.56. The fourth-order valence-corrected chi connectivity index (χ4v) is 5.78. The quantitative estimate of drug-likeness (QED) is 0.0199. The van der Waals surface area contributed by atoms with E-state index < -0.39 is 57.7 Å². The van der Waals surface area contributed by atoms with Crippen molar-refractivity contribution in [3.8, 4) is 0 Å². The minimum Gasteiger partial charge on any atom is -0.480 e. The first kappa shape index (κ1) is 55.4. The predicted octanol–water partition coefficient (Wildman–Crippen LogP) is 10.2. The maximum atomic E-state index is 12.6. The molecule has 0 amide bonds. The van der Waals surface area contributed by atoms with Crippen LogP contribution in [-0.4, -0.2) is 71.1 Å². The lowest BCUT2D eigenvalue weighted by atomic mass is 10.1. The number of aliphatic carboxylic acids is 1. The van der Waals surface area contributed by atoms with Crippen molar-refractivity contribution in [2.45, 2.75) is 154 Å². The van der Waals surface area contributed by atoms with Crippen LogP contribution in [-0.2, 0) is 37.5 Å². The van der Waals surface area contributed by atoms with E-state index in [1.165, 1.54) is 0 Å². The van der Waals surface area contributed by atoms with Crippen molar-refractivity contribution in [1.29, 1.82) is 0 Å². The molecule has 0 saturated heterocycles. The van der Waals surface area contributed by atoms with E-state index in [2.05, 4.69) is 91.3 Å². The summed E-state index contributed by atoms with van der Waals surface area (Å²) in [5.41, 5.74) is 5.32. The maximum Gasteiger partial charge on any atom is 0.472 e. The zero-order valence-electron chi connectivity index (χ0n) is 35.7. The molecule has 0 aromatic rings. The van der Waals surface area contributed by atoms with Gasteiger partial charge in [0.25, 0.3) is 0 Å². The number of unbranched alkanes of at least 4 members (excludes halogenated alkanes) is 6. The van der Waals surface area contributed by atoms with E-state index in [4.69, 9.17) is 24.8 Å². The van der Waals surface area contributed by atoms with Crippen LogP contribution in [0, 0.1) is 0 Å². The van der Waals surface area contributed by atoms with E-state index in [0.717, 1.165) is 89.9 Å². The minimum atomic E-state index is -4.75. The number of hydrogen-bond donors (Lipinski definition) is 4. The largest absolute Gasteiger partial charge is 0.480 e. The SMILES string of the molecule is CC/C=C\C/C=C\C/C=C\C/C=C\CCCCCCC(=O)O[C@H](COC(=O)CCC/C=C\C/C=C\C/C=C\C/C=C\[C@@H](O)CCCC)COP(=O)(O)OC[C@H](N)C(=O)O. The van der Waals surface area contributed by atoms with Gasteiger partial charge in [0.15, 0.2) is 6.10 Å². The van der Waals surface area contributed by atoms with Gasteiger partial charge in [-0.1, -0.05) is 137 Å². The number of carbonyl (C=O) groups is 3. The molecule has 0 aliphatic rings. The molecule has 5 N–H and O–H groups in total. The highest BCUT2D eigenvalue weighted by molar-refractivity contribution is 7.47. The number of phosphoric acid groups is 1. The molecule has 0 spiro atoms. The number of aliphatic hydroxyl groups excluding tert-OH is 1. The summed E-state index contributed by atoms with van der Waals surface area (Å²) in [5.74, 6) is -2.53. The van der Waals surface area contributed by atoms with Gasteiger partial charge in [0.2, 0.25) is 0 Å². The Kier molecular flexibility index (Phi) is 37.3. The number of carboxylic acids is 1. The Morgan fingerprint density at radius 1 is 0.610 bits per heavy atom. The molecule has 0 aromatic carbocycles. The maximum absolute atomic E-state index is 12.6. The molecule has 0 bridgehead atoms. The first-order valence-electron chi connectivity index (χ1n) is 21.4. The highest BCUT2D eigenvalue weighted by atomic mass is 31.2. The fraction of sp³-hybridized carbons (Fsp3) is 0.587. The summed E-state index contributed by atoms with van der Waals surface area (Å²) >= 11 is 0. The standard InChI is InChI=1S/C46H74NO11P/c1-3-5-7-8-9-10-11-12-13-14-15-16-21-24-27-30-33-37-45(50)58-42(39-56-59(53,54)57-40-43(47)46(51)52)38-55-44(49)36-32-29-26-23-20-18-17-19-22-25-28-31-35-41(48)34-6-4-2/h5,7,9-10,12-13,15-18,22-23,25-26,31,35,41-43,48H,3-4,6,8,11,14,19-21,24,27-30,32-34,36-40,47H2,1-2H3,(H,51,52)(H,53,54)/b7-5-,10-9-,13-12-,16-15-,18-17-,25-22-,26-23-,35-31-/t41-,42+,43-/m0/s1. The second-order valence-electron chi connectivity index (χ2n) is 13.9. The zero-order chi connectivity index (χ0) is 43.7. The van der Waals surface area contributed by atoms with Crippen LogP contribution in [0.5, 0.6) is 0 Å². The van der Waals surface area contributed by atoms with Gasteiger partial charge in [-0.3, -0.25) is 23.4 Å². The van der Waals surface area contributed by atoms with Crippen LogP contribution in [0.2, 0.25) is 0 Å². The Morgan fingerprint density at radius 3 is 1.66 bits per heavy atom. The van der Waals surface area contributed by atoms with Crippen LogP contribution in [0.4, 0.5) is 0 Å². The van der Waals surface area contributed by atoms with Crippen LogP contribution in [0.15, 0.2) is 97.2 Å². The van der Waals surface area contributed by atoms with Crippen molar-refractivity contribution in [3.63, 3.8) is 0 Å². The predicted molar refractivity (Wildman–Crippen MR) is 236 cm³/mol. The number of allylic oxidation sites excluding steroid dienone is 15. The average Bonchev–Trinajstić information content (AvgIpc) is 3.21. The number of ether oxygens (including phenoxy) is 2. The van der Waals surface area contributed by atoms with Crippen molar-refractivity contribution in [3.05, 3.63) is 97.2 Å². The lowest BCUT2D eigenvalue weighted by Crippen LogP contribution is -2.34. The molecular formula is C46H74NO11P. The van der Waals surface area contributed by atoms with Crippen molar-refractivity contribution < 1.29 is 52.6 Å². The van der Waals surface area contributed by atoms with Gasteiger partial charge in [-0.2, -0.15) is 0 Å². The molecule has 59 heavy (non-hydrogen) atoms. The van der Waals surface area contributed by atoms with Crippen LogP contribution in [0.25, 0.3) is 0 Å². The summed E-state index contributed by atoms with van der Waals surface area (Å²) in [4.78, 5) is 45.9. The summed E-state index contributed by atoms with van der Waals surface area (Å²) < 4.78 is 32.6. The first-order valence-corrected chi connectivity index (χ1v) is 22.8. The normalized spacial score (nSPS) is 15.2. The highest BCUT2D eigenvalue weighted by Crippen LogP contribution is 2.43. The molecule has 0 aromatic heterocycles. The second-order valence-corrected chi connectivity index (χ2v) is 15.4. The molecule has 13 heteroatoms. The van der Waals surface area contributed by atoms with E-state index in [1.807, 2.05) is 24.3 Å². The fourth-order valence-electron chi connectivity index (χ4n) is 5.01. The van der Waals surface area contributed by atoms with Gasteiger partial charge in [0, 0.05) is 12.8 Å². The Labute approximate surface area is 354 Å². The van der Waals surface area contributed by atoms with Crippen molar-refractivity contribution in [2.75, 3.05) is 19.8 Å². The second kappa shape index (κ2) is 39.8. The van der Waals surface area contributed by atoms with E-state index >= 15 is 0 Å². The number of esters is 2. The number of phosphoric ester groups is 1. The number of nitrogens with two attached hydrogens (primary N) is 1. The molecular weight excluding hydrogens is 773 g/mol. The topological polar surface area (TPSA) is 192 Å². The Hall–Kier alpha value is -3.64. The summed E-state index contributed by atoms with van der Waals surface area (Å²) in [6, 6.07) is -1.54. The molecule has 1 unspecified atom stereocenters. The van der Waals surface area contributed by atoms with E-state index in [9.17, 15) is 28.9 Å². The molecule has 0 heterocycles. The molecule has 334 valence electrons. The van der Waals surface area contributed by atoms with Gasteiger partial charge in [0.05, 0.1) is 19.3 Å². The summed E-state index contributed by atoms with van der Waals surface area (Å²) in [6.07, 6.45) is 46.7. The molecule has 0 aliphatic heterocycles. The van der Waals surface area contributed by atoms with E-state index in [-0.39, 0.29) is 18.9 Å². The van der Waals surface area contributed by atoms with Gasteiger partial charge in [-0.25, -0.2) is 4.57 Å². The number of rotatable bonds is 38. The van der Waals surface area contributed by atoms with Gasteiger partial charge < -0.3 is 30.3 Å². The molecule has 12 nitrogen and oxygen atoms in total. The molecule has 0 aliphatic carbocycles. The third kappa shape index (κ3) is 39.6. The van der Waals surface area contributed by atoms with Crippen LogP contribution >= 0.6 is 7.82 Å². The van der Waals surface area contributed by atoms with E-state index in [1.54, 1.807) is 0 Å². The van der Waals surface area contributed by atoms with Crippen molar-refractivity contribution in [1.82, 2.24) is 0 Å². The summed E-state index contributed by atoms with van der Waals surface area (Å²) in [5, 5.41) is 18.7. The van der Waals surface area contributed by atoms with Crippen LogP contribution in [0.3, 0.4) is 0 Å². The van der Waals surface area contributed by atoms with Crippen LogP contribution in [0.1, 0.15) is 136 Å². The van der Waals surface area contributed by atoms with Gasteiger partial charge in [0.1, 0.15) is 12.6 Å². The smallest absolute Gasteiger partial charge is 0.472 e. The third-order valence-corrected chi connectivity index (χ3v) is 9.34. The average molecular weight is 848 g/mol. The summed E-state index contributed by atoms with van der Waals surface area (Å²) in [7, 11) is -4.75. The van der Waals surface area contributed by atoms with E-state index in [0.29, 0.717) is 19.3 Å². The highest BCUT2D eigenvalue weighted by Gasteiger charge is 2.28. The Morgan fingerprint density at radius 2 is 1.10 bits per heavy atom. The zero-order valence-corrected chi connectivity index (χ0v) is 36.6. The van der Waals surface area contributed by atoms with Gasteiger partial charge in [-0.15, -0.1) is 0 Å². The molecule has 0 fully saturated rings. The molecule has 0 radical (unpaired) electrons. The first-order chi connectivity index (χ1) is 28.5. The lowest BCUT2D eigenvalue weighted by molar-refractivity contribution is -0.161. The van der Waals surface area contributed by atoms with Crippen LogP contribution < -0.4 is 5.73 Å². The number of carboxylic acid groups (broad SMARTS) is 1. The minimum absolute atomic E-state index is 0.107. The monoisotopic (exact) mass is 847 g/mol. The third-order valence-electron chi connectivity index (χ3n) is 8.39.